The molecule has 1 heterocycles. The van der Waals surface area contributed by atoms with Crippen molar-refractivity contribution in [2.45, 2.75) is 0 Å². The molecule has 2 N–H and O–H groups in total. The highest BCUT2D eigenvalue weighted by atomic mass is 16.5. The van der Waals surface area contributed by atoms with Crippen LogP contribution in [-0.4, -0.2) is 17.3 Å². The Hall–Kier alpha value is -2.95. The van der Waals surface area contributed by atoms with E-state index < -0.39 is 11.2 Å². The Morgan fingerprint density at radius 3 is 2.43 bits per heavy atom. The second-order valence-corrected chi connectivity index (χ2v) is 4.52. The van der Waals surface area contributed by atoms with E-state index in [0.29, 0.717) is 16.9 Å². The standard InChI is InChI=1S/C16H12O5/c1-20-11-6-7-13-12(8-11)14(18)15(19)16(21-13)9-2-4-10(17)5-3-9/h2-8,17,19H,1H3. The van der Waals surface area contributed by atoms with Crippen molar-refractivity contribution >= 4 is 11.0 Å². The number of phenols is 1. The first-order chi connectivity index (χ1) is 10.1. The summed E-state index contributed by atoms with van der Waals surface area (Å²) >= 11 is 0. The number of rotatable bonds is 2. The molecule has 0 spiro atoms. The van der Waals surface area contributed by atoms with Crippen molar-refractivity contribution in [3.05, 3.63) is 52.7 Å². The van der Waals surface area contributed by atoms with E-state index in [4.69, 9.17) is 9.15 Å². The van der Waals surface area contributed by atoms with Gasteiger partial charge in [-0.3, -0.25) is 4.79 Å². The number of benzene rings is 2. The molecular weight excluding hydrogens is 272 g/mol. The van der Waals surface area contributed by atoms with Crippen molar-refractivity contribution < 1.29 is 19.4 Å². The van der Waals surface area contributed by atoms with Gasteiger partial charge >= 0.3 is 0 Å². The molecule has 0 saturated heterocycles. The summed E-state index contributed by atoms with van der Waals surface area (Å²) in [5, 5.41) is 19.6. The molecule has 1 aromatic heterocycles. The molecule has 0 saturated carbocycles. The highest BCUT2D eigenvalue weighted by Crippen LogP contribution is 2.31. The van der Waals surface area contributed by atoms with E-state index in [1.807, 2.05) is 0 Å². The number of hydrogen-bond donors (Lipinski definition) is 2. The Labute approximate surface area is 119 Å². The number of hydrogen-bond acceptors (Lipinski definition) is 5. The van der Waals surface area contributed by atoms with Gasteiger partial charge in [0.15, 0.2) is 5.76 Å². The lowest BCUT2D eigenvalue weighted by atomic mass is 10.1. The lowest BCUT2D eigenvalue weighted by Crippen LogP contribution is -2.02. The zero-order valence-corrected chi connectivity index (χ0v) is 11.2. The van der Waals surface area contributed by atoms with Gasteiger partial charge in [-0.15, -0.1) is 0 Å². The van der Waals surface area contributed by atoms with Gasteiger partial charge in [-0.25, -0.2) is 0 Å². The summed E-state index contributed by atoms with van der Waals surface area (Å²) in [6.07, 6.45) is 0. The van der Waals surface area contributed by atoms with Gasteiger partial charge in [0.25, 0.3) is 0 Å². The third-order valence-electron chi connectivity index (χ3n) is 3.20. The van der Waals surface area contributed by atoms with Crippen LogP contribution in [0, 0.1) is 0 Å². The van der Waals surface area contributed by atoms with Crippen molar-refractivity contribution in [3.63, 3.8) is 0 Å². The molecule has 0 aliphatic rings. The van der Waals surface area contributed by atoms with Crippen LogP contribution in [0.4, 0.5) is 0 Å². The molecule has 5 nitrogen and oxygen atoms in total. The van der Waals surface area contributed by atoms with Crippen molar-refractivity contribution in [3.8, 4) is 28.6 Å². The molecule has 21 heavy (non-hydrogen) atoms. The van der Waals surface area contributed by atoms with Gasteiger partial charge in [0.2, 0.25) is 11.2 Å². The topological polar surface area (TPSA) is 79.9 Å². The monoisotopic (exact) mass is 284 g/mol. The quantitative estimate of drug-likeness (QED) is 0.756. The van der Waals surface area contributed by atoms with Gasteiger partial charge in [0, 0.05) is 5.56 Å². The minimum absolute atomic E-state index is 0.0673. The number of methoxy groups -OCH3 is 1. The van der Waals surface area contributed by atoms with Crippen LogP contribution in [0.3, 0.4) is 0 Å². The predicted octanol–water partition coefficient (Wildman–Crippen LogP) is 2.88. The number of fused-ring (bicyclic) bond motifs is 1. The van der Waals surface area contributed by atoms with E-state index in [2.05, 4.69) is 0 Å². The average molecular weight is 284 g/mol. The highest BCUT2D eigenvalue weighted by Gasteiger charge is 2.15. The van der Waals surface area contributed by atoms with Crippen LogP contribution in [0.2, 0.25) is 0 Å². The van der Waals surface area contributed by atoms with Gasteiger partial charge in [-0.2, -0.15) is 0 Å². The van der Waals surface area contributed by atoms with E-state index in [-0.39, 0.29) is 16.9 Å². The molecule has 106 valence electrons. The fraction of sp³-hybridized carbons (Fsp3) is 0.0625. The van der Waals surface area contributed by atoms with E-state index in [1.165, 1.54) is 25.3 Å². The fourth-order valence-corrected chi connectivity index (χ4v) is 2.10. The maximum atomic E-state index is 12.2. The summed E-state index contributed by atoms with van der Waals surface area (Å²) < 4.78 is 10.7. The molecule has 0 unspecified atom stereocenters. The van der Waals surface area contributed by atoms with E-state index in [0.717, 1.165) is 0 Å². The molecular formula is C16H12O5. The molecule has 0 amide bonds. The van der Waals surface area contributed by atoms with Crippen LogP contribution in [0.15, 0.2) is 51.7 Å². The first kappa shape index (κ1) is 13.1. The second-order valence-electron chi connectivity index (χ2n) is 4.52. The maximum absolute atomic E-state index is 12.2. The second kappa shape index (κ2) is 4.86. The maximum Gasteiger partial charge on any atom is 0.235 e. The van der Waals surface area contributed by atoms with Crippen LogP contribution in [-0.2, 0) is 0 Å². The van der Waals surface area contributed by atoms with Crippen LogP contribution in [0.5, 0.6) is 17.2 Å². The fourth-order valence-electron chi connectivity index (χ4n) is 2.10. The van der Waals surface area contributed by atoms with Crippen LogP contribution in [0.25, 0.3) is 22.3 Å². The van der Waals surface area contributed by atoms with Gasteiger partial charge in [0.1, 0.15) is 17.1 Å². The van der Waals surface area contributed by atoms with E-state index in [9.17, 15) is 15.0 Å². The van der Waals surface area contributed by atoms with Gasteiger partial charge in [-0.1, -0.05) is 0 Å². The summed E-state index contributed by atoms with van der Waals surface area (Å²) in [5.74, 6) is 0.191. The highest BCUT2D eigenvalue weighted by molar-refractivity contribution is 5.83. The van der Waals surface area contributed by atoms with Gasteiger partial charge in [0.05, 0.1) is 12.5 Å². The Morgan fingerprint density at radius 1 is 1.05 bits per heavy atom. The lowest BCUT2D eigenvalue weighted by molar-refractivity contribution is 0.414. The normalized spacial score (nSPS) is 10.7. The molecule has 3 aromatic rings. The SMILES string of the molecule is COc1ccc2oc(-c3ccc(O)cc3)c(O)c(=O)c2c1. The Kier molecular flexibility index (Phi) is 3.02. The molecule has 0 aliphatic heterocycles. The van der Waals surface area contributed by atoms with Crippen molar-refractivity contribution in [2.75, 3.05) is 7.11 Å². The van der Waals surface area contributed by atoms with Gasteiger partial charge < -0.3 is 19.4 Å². The largest absolute Gasteiger partial charge is 0.508 e. The molecule has 0 bridgehead atoms. The van der Waals surface area contributed by atoms with Crippen LogP contribution < -0.4 is 10.2 Å². The smallest absolute Gasteiger partial charge is 0.235 e. The number of aromatic hydroxyl groups is 2. The summed E-state index contributed by atoms with van der Waals surface area (Å²) in [6, 6.07) is 10.8. The molecule has 2 aromatic carbocycles. The summed E-state index contributed by atoms with van der Waals surface area (Å²) in [7, 11) is 1.49. The Morgan fingerprint density at radius 2 is 1.76 bits per heavy atom. The first-order valence-corrected chi connectivity index (χ1v) is 6.23. The molecule has 0 atom stereocenters. The minimum atomic E-state index is -0.529. The van der Waals surface area contributed by atoms with E-state index in [1.54, 1.807) is 24.3 Å². The van der Waals surface area contributed by atoms with Gasteiger partial charge in [-0.05, 0) is 42.5 Å². The molecule has 3 rings (SSSR count). The minimum Gasteiger partial charge on any atom is -0.508 e. The third-order valence-corrected chi connectivity index (χ3v) is 3.20. The number of phenolic OH excluding ortho intramolecular Hbond substituents is 1. The predicted molar refractivity (Wildman–Crippen MR) is 77.8 cm³/mol. The Bertz CT molecular complexity index is 862. The average Bonchev–Trinajstić information content (AvgIpc) is 2.51. The Balaban J connectivity index is 2.28. The first-order valence-electron chi connectivity index (χ1n) is 6.23. The zero-order valence-electron chi connectivity index (χ0n) is 11.2. The van der Waals surface area contributed by atoms with Crippen LogP contribution in [0.1, 0.15) is 0 Å². The summed E-state index contributed by atoms with van der Waals surface area (Å²) in [6.45, 7) is 0. The van der Waals surface area contributed by atoms with Crippen molar-refractivity contribution in [2.24, 2.45) is 0 Å². The molecule has 0 aliphatic carbocycles. The molecule has 0 radical (unpaired) electrons. The lowest BCUT2D eigenvalue weighted by Gasteiger charge is -2.07. The molecule has 0 fully saturated rings. The summed E-state index contributed by atoms with van der Waals surface area (Å²) in [5.41, 5.74) is 0.319. The van der Waals surface area contributed by atoms with Crippen molar-refractivity contribution in [1.82, 2.24) is 0 Å². The summed E-state index contributed by atoms with van der Waals surface area (Å²) in [4.78, 5) is 12.2. The number of ether oxygens (including phenoxy) is 1. The van der Waals surface area contributed by atoms with E-state index >= 15 is 0 Å². The molecule has 5 heteroatoms. The zero-order chi connectivity index (χ0) is 15.0. The van der Waals surface area contributed by atoms with Crippen molar-refractivity contribution in [1.29, 1.82) is 0 Å². The van der Waals surface area contributed by atoms with Crippen LogP contribution >= 0.6 is 0 Å². The third kappa shape index (κ3) is 2.18.